The van der Waals surface area contributed by atoms with Crippen LogP contribution in [0.2, 0.25) is 5.02 Å². The van der Waals surface area contributed by atoms with Gasteiger partial charge in [0.15, 0.2) is 0 Å². The van der Waals surface area contributed by atoms with Gasteiger partial charge in [-0.2, -0.15) is 0 Å². The van der Waals surface area contributed by atoms with Gasteiger partial charge in [-0.3, -0.25) is 0 Å². The lowest BCUT2D eigenvalue weighted by Gasteiger charge is -2.33. The fourth-order valence-electron chi connectivity index (χ4n) is 3.02. The third-order valence-electron chi connectivity index (χ3n) is 4.00. The molecular formula is C16H24ClN. The first-order chi connectivity index (χ1) is 8.68. The molecule has 0 amide bonds. The van der Waals surface area contributed by atoms with Crippen LogP contribution >= 0.6 is 11.6 Å². The van der Waals surface area contributed by atoms with Crippen molar-refractivity contribution in [2.45, 2.75) is 51.5 Å². The molecule has 1 fully saturated rings. The molecule has 0 aromatic heterocycles. The van der Waals surface area contributed by atoms with Crippen LogP contribution in [-0.4, -0.2) is 12.6 Å². The zero-order valence-corrected chi connectivity index (χ0v) is 12.2. The van der Waals surface area contributed by atoms with Crippen molar-refractivity contribution in [3.8, 4) is 0 Å². The van der Waals surface area contributed by atoms with Crippen LogP contribution < -0.4 is 5.32 Å². The third-order valence-corrected chi connectivity index (χ3v) is 4.35. The molecule has 0 saturated heterocycles. The zero-order valence-electron chi connectivity index (χ0n) is 11.5. The maximum absolute atomic E-state index is 6.37. The first-order valence-corrected chi connectivity index (χ1v) is 7.54. The van der Waals surface area contributed by atoms with Crippen LogP contribution in [0.1, 0.15) is 51.0 Å². The summed E-state index contributed by atoms with van der Waals surface area (Å²) < 4.78 is 0. The Labute approximate surface area is 116 Å². The number of hydrogen-bond acceptors (Lipinski definition) is 1. The molecule has 1 saturated carbocycles. The Balaban J connectivity index is 2.10. The largest absolute Gasteiger partial charge is 0.314 e. The van der Waals surface area contributed by atoms with Crippen LogP contribution in [0.4, 0.5) is 0 Å². The van der Waals surface area contributed by atoms with Gasteiger partial charge in [-0.15, -0.1) is 0 Å². The van der Waals surface area contributed by atoms with E-state index in [1.165, 1.54) is 31.2 Å². The molecule has 0 bridgehead atoms. The monoisotopic (exact) mass is 265 g/mol. The van der Waals surface area contributed by atoms with E-state index in [9.17, 15) is 0 Å². The van der Waals surface area contributed by atoms with E-state index in [0.717, 1.165) is 17.5 Å². The summed E-state index contributed by atoms with van der Waals surface area (Å²) in [6.45, 7) is 5.55. The highest BCUT2D eigenvalue weighted by Crippen LogP contribution is 2.40. The molecule has 1 aromatic rings. The lowest BCUT2D eigenvalue weighted by Crippen LogP contribution is -2.33. The zero-order chi connectivity index (χ0) is 13.0. The number of hydrogen-bond donors (Lipinski definition) is 1. The summed E-state index contributed by atoms with van der Waals surface area (Å²) in [6, 6.07) is 8.94. The average Bonchev–Trinajstić information content (AvgIpc) is 2.37. The van der Waals surface area contributed by atoms with Crippen LogP contribution in [0.3, 0.4) is 0 Å². The van der Waals surface area contributed by atoms with Gasteiger partial charge < -0.3 is 5.32 Å². The van der Waals surface area contributed by atoms with Crippen LogP contribution in [0, 0.1) is 5.92 Å². The van der Waals surface area contributed by atoms with Gasteiger partial charge in [0.1, 0.15) is 0 Å². The van der Waals surface area contributed by atoms with E-state index < -0.39 is 0 Å². The van der Waals surface area contributed by atoms with Gasteiger partial charge >= 0.3 is 0 Å². The van der Waals surface area contributed by atoms with E-state index >= 15 is 0 Å². The summed E-state index contributed by atoms with van der Waals surface area (Å²) in [6.07, 6.45) is 5.32. The molecule has 1 nitrogen and oxygen atoms in total. The summed E-state index contributed by atoms with van der Waals surface area (Å²) in [5, 5.41) is 4.53. The molecule has 1 aromatic carbocycles. The van der Waals surface area contributed by atoms with Gasteiger partial charge in [0.25, 0.3) is 0 Å². The van der Waals surface area contributed by atoms with Gasteiger partial charge in [-0.05, 0) is 42.9 Å². The number of rotatable bonds is 4. The average molecular weight is 266 g/mol. The van der Waals surface area contributed by atoms with E-state index in [4.69, 9.17) is 11.6 Å². The summed E-state index contributed by atoms with van der Waals surface area (Å²) in [4.78, 5) is 0. The van der Waals surface area contributed by atoms with E-state index in [1.807, 2.05) is 12.1 Å². The molecule has 18 heavy (non-hydrogen) atoms. The van der Waals surface area contributed by atoms with Crippen molar-refractivity contribution >= 4 is 11.6 Å². The molecule has 1 aliphatic carbocycles. The molecule has 2 atom stereocenters. The Hall–Kier alpha value is -0.530. The second-order valence-electron chi connectivity index (χ2n) is 5.74. The van der Waals surface area contributed by atoms with Gasteiger partial charge in [0, 0.05) is 11.1 Å². The van der Waals surface area contributed by atoms with Crippen LogP contribution in [0.15, 0.2) is 24.3 Å². The Kier molecular flexibility index (Phi) is 5.08. The van der Waals surface area contributed by atoms with Crippen LogP contribution in [0.25, 0.3) is 0 Å². The van der Waals surface area contributed by atoms with E-state index in [2.05, 4.69) is 31.3 Å². The minimum atomic E-state index is 0.568. The molecule has 0 radical (unpaired) electrons. The standard InChI is InChI=1S/C16H24ClN/c1-12(2)18-11-13-7-3-4-8-14(13)15-9-5-6-10-16(15)17/h5-6,9-10,12-14,18H,3-4,7-8,11H2,1-2H3. The van der Waals surface area contributed by atoms with Crippen LogP contribution in [-0.2, 0) is 0 Å². The smallest absolute Gasteiger partial charge is 0.0440 e. The summed E-state index contributed by atoms with van der Waals surface area (Å²) in [5.41, 5.74) is 1.36. The molecule has 1 N–H and O–H groups in total. The van der Waals surface area contributed by atoms with E-state index in [1.54, 1.807) is 0 Å². The SMILES string of the molecule is CC(C)NCC1CCCCC1c1ccccc1Cl. The highest BCUT2D eigenvalue weighted by molar-refractivity contribution is 6.31. The maximum atomic E-state index is 6.37. The predicted octanol–water partition coefficient (Wildman–Crippen LogP) is 4.61. The predicted molar refractivity (Wildman–Crippen MR) is 79.3 cm³/mol. The molecule has 0 aliphatic heterocycles. The molecule has 2 rings (SSSR count). The van der Waals surface area contributed by atoms with Crippen molar-refractivity contribution in [2.24, 2.45) is 5.92 Å². The third kappa shape index (κ3) is 3.49. The Morgan fingerprint density at radius 2 is 1.94 bits per heavy atom. The minimum Gasteiger partial charge on any atom is -0.314 e. The van der Waals surface area contributed by atoms with Crippen molar-refractivity contribution < 1.29 is 0 Å². The summed E-state index contributed by atoms with van der Waals surface area (Å²) >= 11 is 6.37. The Morgan fingerprint density at radius 3 is 2.67 bits per heavy atom. The van der Waals surface area contributed by atoms with Crippen molar-refractivity contribution in [3.05, 3.63) is 34.9 Å². The van der Waals surface area contributed by atoms with Gasteiger partial charge in [-0.25, -0.2) is 0 Å². The topological polar surface area (TPSA) is 12.0 Å². The second-order valence-corrected chi connectivity index (χ2v) is 6.14. The Bertz CT molecular complexity index is 375. The number of benzene rings is 1. The normalized spacial score (nSPS) is 24.4. The molecule has 0 spiro atoms. The fourth-order valence-corrected chi connectivity index (χ4v) is 3.30. The second kappa shape index (κ2) is 6.58. The van der Waals surface area contributed by atoms with Crippen LogP contribution in [0.5, 0.6) is 0 Å². The molecule has 1 aliphatic rings. The lowest BCUT2D eigenvalue weighted by atomic mass is 9.75. The van der Waals surface area contributed by atoms with Crippen molar-refractivity contribution in [1.82, 2.24) is 5.32 Å². The minimum absolute atomic E-state index is 0.568. The van der Waals surface area contributed by atoms with Crippen molar-refractivity contribution in [1.29, 1.82) is 0 Å². The highest BCUT2D eigenvalue weighted by atomic mass is 35.5. The van der Waals surface area contributed by atoms with Gasteiger partial charge in [0.05, 0.1) is 0 Å². The highest BCUT2D eigenvalue weighted by Gasteiger charge is 2.27. The summed E-state index contributed by atoms with van der Waals surface area (Å²) in [7, 11) is 0. The number of halogens is 1. The van der Waals surface area contributed by atoms with Crippen molar-refractivity contribution in [2.75, 3.05) is 6.54 Å². The molecule has 2 heteroatoms. The maximum Gasteiger partial charge on any atom is 0.0440 e. The molecule has 100 valence electrons. The quantitative estimate of drug-likeness (QED) is 0.838. The number of nitrogens with one attached hydrogen (secondary N) is 1. The first-order valence-electron chi connectivity index (χ1n) is 7.16. The Morgan fingerprint density at radius 1 is 1.22 bits per heavy atom. The fraction of sp³-hybridized carbons (Fsp3) is 0.625. The lowest BCUT2D eigenvalue weighted by molar-refractivity contribution is 0.289. The molecule has 0 heterocycles. The van der Waals surface area contributed by atoms with E-state index in [0.29, 0.717) is 12.0 Å². The van der Waals surface area contributed by atoms with Crippen molar-refractivity contribution in [3.63, 3.8) is 0 Å². The summed E-state index contributed by atoms with van der Waals surface area (Å²) in [5.74, 6) is 1.37. The van der Waals surface area contributed by atoms with Gasteiger partial charge in [-0.1, -0.05) is 56.5 Å². The van der Waals surface area contributed by atoms with E-state index in [-0.39, 0.29) is 0 Å². The van der Waals surface area contributed by atoms with Gasteiger partial charge in [0.2, 0.25) is 0 Å². The molecule has 2 unspecified atom stereocenters. The molecular weight excluding hydrogens is 242 g/mol. The first kappa shape index (κ1) is 13.9.